The fraction of sp³-hybridized carbons (Fsp3) is 1.00. The van der Waals surface area contributed by atoms with Crippen molar-refractivity contribution in [3.8, 4) is 0 Å². The first-order valence-electron chi connectivity index (χ1n) is 6.89. The average Bonchev–Trinajstić information content (AvgIpc) is 2.47. The zero-order valence-electron chi connectivity index (χ0n) is 14.1. The second kappa shape index (κ2) is 7.49. The van der Waals surface area contributed by atoms with E-state index in [9.17, 15) is 92.2 Å². The van der Waals surface area contributed by atoms with Crippen LogP contribution in [-0.2, 0) is 0 Å². The van der Waals surface area contributed by atoms with Crippen LogP contribution < -0.4 is 0 Å². The second-order valence-corrected chi connectivity index (χ2v) is 5.99. The molecule has 0 fully saturated rings. The fourth-order valence-corrected chi connectivity index (χ4v) is 2.37. The first-order chi connectivity index (χ1) is 13.8. The van der Waals surface area contributed by atoms with Crippen LogP contribution in [0.3, 0.4) is 0 Å². The third kappa shape index (κ3) is 3.64. The molecule has 33 heavy (non-hydrogen) atoms. The van der Waals surface area contributed by atoms with Crippen LogP contribution in [0.15, 0.2) is 0 Å². The summed E-state index contributed by atoms with van der Waals surface area (Å²) in [5.41, 5.74) is -18.7. The molecule has 1 N–H and O–H groups in total. The molecule has 0 saturated carbocycles. The van der Waals surface area contributed by atoms with Crippen molar-refractivity contribution in [1.82, 2.24) is 0 Å². The summed E-state index contributed by atoms with van der Waals surface area (Å²) in [4.78, 5) is 0. The highest BCUT2D eigenvalue weighted by Gasteiger charge is 3.03. The maximum absolute atomic E-state index is 13.9. The summed E-state index contributed by atoms with van der Waals surface area (Å²) in [6.45, 7) is -3.88. The van der Waals surface area contributed by atoms with Crippen LogP contribution in [0.2, 0.25) is 0 Å². The Kier molecular flexibility index (Phi) is 7.15. The molecule has 0 aromatic rings. The SMILES string of the molecule is OCC(F)(F)C(F)(F)C(F)(C(F)(F)F)C(F)(F)C(F)(F)C(C(F)(F)F)(C(F)(F)F)C(F)(F)F. The first-order valence-corrected chi connectivity index (χ1v) is 6.89. The molecular formula is C11H3F21O. The summed E-state index contributed by atoms with van der Waals surface area (Å²) in [7, 11) is 0. The number of halogens is 21. The van der Waals surface area contributed by atoms with Crippen molar-refractivity contribution in [3.63, 3.8) is 0 Å². The lowest BCUT2D eigenvalue weighted by Gasteiger charge is -2.50. The van der Waals surface area contributed by atoms with Crippen molar-refractivity contribution in [2.75, 3.05) is 6.61 Å². The van der Waals surface area contributed by atoms with Gasteiger partial charge in [-0.1, -0.05) is 0 Å². The van der Waals surface area contributed by atoms with Gasteiger partial charge in [-0.15, -0.1) is 0 Å². The van der Waals surface area contributed by atoms with Gasteiger partial charge >= 0.3 is 59.5 Å². The molecule has 0 aliphatic carbocycles. The molecule has 0 heterocycles. The maximum Gasteiger partial charge on any atom is 0.435 e. The Morgan fingerprint density at radius 1 is 0.364 bits per heavy atom. The van der Waals surface area contributed by atoms with Crippen molar-refractivity contribution in [3.05, 3.63) is 0 Å². The number of rotatable bonds is 6. The Bertz CT molecular complexity index is 668. The molecule has 0 amide bonds. The van der Waals surface area contributed by atoms with Gasteiger partial charge in [0.1, 0.15) is 6.61 Å². The molecule has 0 spiro atoms. The lowest BCUT2D eigenvalue weighted by Crippen LogP contribution is -2.82. The Morgan fingerprint density at radius 2 is 0.636 bits per heavy atom. The summed E-state index contributed by atoms with van der Waals surface area (Å²) in [6, 6.07) is 0. The minimum absolute atomic E-state index is 3.88. The third-order valence-electron chi connectivity index (χ3n) is 4.05. The van der Waals surface area contributed by atoms with Gasteiger partial charge in [0.2, 0.25) is 0 Å². The van der Waals surface area contributed by atoms with Crippen LogP contribution in [0.4, 0.5) is 92.2 Å². The summed E-state index contributed by atoms with van der Waals surface area (Å²) >= 11 is 0. The van der Waals surface area contributed by atoms with Crippen molar-refractivity contribution >= 4 is 0 Å². The van der Waals surface area contributed by atoms with E-state index in [0.717, 1.165) is 0 Å². The lowest BCUT2D eigenvalue weighted by molar-refractivity contribution is -0.520. The molecule has 0 aromatic heterocycles. The minimum Gasteiger partial charge on any atom is -0.390 e. The van der Waals surface area contributed by atoms with Crippen LogP contribution in [0.1, 0.15) is 0 Å². The van der Waals surface area contributed by atoms with Crippen molar-refractivity contribution in [1.29, 1.82) is 0 Å². The summed E-state index contributed by atoms with van der Waals surface area (Å²) in [5, 5.41) is 7.84. The second-order valence-electron chi connectivity index (χ2n) is 5.99. The van der Waals surface area contributed by atoms with E-state index in [0.29, 0.717) is 0 Å². The molecule has 1 atom stereocenters. The molecule has 0 aliphatic heterocycles. The molecule has 22 heteroatoms. The van der Waals surface area contributed by atoms with E-state index in [2.05, 4.69) is 0 Å². The van der Waals surface area contributed by atoms with Gasteiger partial charge in [0.25, 0.3) is 0 Å². The summed E-state index contributed by atoms with van der Waals surface area (Å²) < 4.78 is 273. The summed E-state index contributed by atoms with van der Waals surface area (Å²) in [6.07, 6.45) is -35.3. The minimum atomic E-state index is -9.67. The first kappa shape index (κ1) is 31.5. The Morgan fingerprint density at radius 3 is 0.818 bits per heavy atom. The molecule has 0 radical (unpaired) electrons. The van der Waals surface area contributed by atoms with E-state index in [-0.39, 0.29) is 0 Å². The molecule has 0 saturated heterocycles. The van der Waals surface area contributed by atoms with Gasteiger partial charge in [0.15, 0.2) is 0 Å². The standard InChI is InChI=1S/C11H3F21O/c12-2(13,1-33)5(15,16)4(14,11(30,31)32)7(19,20)6(17,18)3(8(21,22)23,9(24,25)26)10(27,28)29/h33H,1H2. The maximum atomic E-state index is 13.9. The lowest BCUT2D eigenvalue weighted by atomic mass is 9.69. The molecule has 1 unspecified atom stereocenters. The van der Waals surface area contributed by atoms with E-state index in [1.54, 1.807) is 0 Å². The van der Waals surface area contributed by atoms with Gasteiger partial charge in [-0.3, -0.25) is 0 Å². The Hall–Kier alpha value is -1.51. The highest BCUT2D eigenvalue weighted by atomic mass is 19.4. The summed E-state index contributed by atoms with van der Waals surface area (Å²) in [5.74, 6) is -35.2. The highest BCUT2D eigenvalue weighted by Crippen LogP contribution is 2.73. The van der Waals surface area contributed by atoms with E-state index < -0.39 is 66.1 Å². The van der Waals surface area contributed by atoms with Crippen molar-refractivity contribution in [2.45, 2.75) is 54.1 Å². The van der Waals surface area contributed by atoms with Gasteiger partial charge in [0, 0.05) is 0 Å². The van der Waals surface area contributed by atoms with E-state index in [4.69, 9.17) is 5.11 Å². The van der Waals surface area contributed by atoms with Gasteiger partial charge in [-0.05, 0) is 0 Å². The molecule has 1 nitrogen and oxygen atoms in total. The molecule has 0 aromatic carbocycles. The topological polar surface area (TPSA) is 20.2 Å². The number of aliphatic hydroxyl groups is 1. The molecule has 0 bridgehead atoms. The number of hydrogen-bond acceptors (Lipinski definition) is 1. The van der Waals surface area contributed by atoms with Crippen LogP contribution in [0, 0.1) is 5.41 Å². The number of alkyl halides is 21. The Labute approximate surface area is 165 Å². The molecular weight excluding hydrogens is 547 g/mol. The van der Waals surface area contributed by atoms with Crippen LogP contribution in [-0.4, -0.2) is 65.8 Å². The van der Waals surface area contributed by atoms with Crippen LogP contribution in [0.5, 0.6) is 0 Å². The quantitative estimate of drug-likeness (QED) is 0.377. The number of aliphatic hydroxyl groups excluding tert-OH is 1. The normalized spacial score (nSPS) is 18.4. The fourth-order valence-electron chi connectivity index (χ4n) is 2.37. The number of hydrogen-bond donors (Lipinski definition) is 1. The molecule has 0 rings (SSSR count). The van der Waals surface area contributed by atoms with E-state index in [1.165, 1.54) is 0 Å². The Balaban J connectivity index is 8.02. The van der Waals surface area contributed by atoms with Crippen molar-refractivity contribution < 1.29 is 97.3 Å². The smallest absolute Gasteiger partial charge is 0.390 e. The van der Waals surface area contributed by atoms with E-state index in [1.807, 2.05) is 0 Å². The molecule has 0 aliphatic rings. The van der Waals surface area contributed by atoms with E-state index >= 15 is 0 Å². The highest BCUT2D eigenvalue weighted by molar-refractivity contribution is 5.23. The largest absolute Gasteiger partial charge is 0.435 e. The third-order valence-corrected chi connectivity index (χ3v) is 4.05. The van der Waals surface area contributed by atoms with Gasteiger partial charge in [-0.2, -0.15) is 87.8 Å². The van der Waals surface area contributed by atoms with Gasteiger partial charge in [0.05, 0.1) is 0 Å². The molecule has 200 valence electrons. The van der Waals surface area contributed by atoms with Gasteiger partial charge in [-0.25, -0.2) is 4.39 Å². The van der Waals surface area contributed by atoms with Gasteiger partial charge < -0.3 is 5.11 Å². The van der Waals surface area contributed by atoms with Crippen molar-refractivity contribution in [2.24, 2.45) is 5.41 Å². The zero-order chi connectivity index (χ0) is 27.7. The average molecular weight is 550 g/mol. The monoisotopic (exact) mass is 550 g/mol. The van der Waals surface area contributed by atoms with Crippen LogP contribution in [0.25, 0.3) is 0 Å². The van der Waals surface area contributed by atoms with Crippen LogP contribution >= 0.6 is 0 Å². The zero-order valence-corrected chi connectivity index (χ0v) is 14.1. The predicted molar refractivity (Wildman–Crippen MR) is 57.4 cm³/mol. The predicted octanol–water partition coefficient (Wildman–Crippen LogP) is 6.46.